The number of nitrogens with one attached hydrogen (secondary N) is 4. The Morgan fingerprint density at radius 1 is 0.444 bits per heavy atom. The molecular weight excluding hydrogens is 917 g/mol. The first-order chi connectivity index (χ1) is 33.4. The maximum atomic E-state index is 14.9. The number of likely N-dealkylation sites (N-methyl/N-ethyl adjacent to an activating group) is 6. The summed E-state index contributed by atoms with van der Waals surface area (Å²) in [5.74, 6) is -6.05. The summed E-state index contributed by atoms with van der Waals surface area (Å²) in [4.78, 5) is 121. The Hall–Kier alpha value is -5.10. The fourth-order valence-corrected chi connectivity index (χ4v) is 9.53. The van der Waals surface area contributed by atoms with Gasteiger partial charge in [-0.25, -0.2) is 0 Å². The predicted molar refractivity (Wildman–Crippen MR) is 285 cm³/mol. The molecule has 0 aliphatic heterocycles. The molecule has 0 aliphatic carbocycles. The summed E-state index contributed by atoms with van der Waals surface area (Å²) in [6.07, 6.45) is 1.57. The lowest BCUT2D eigenvalue weighted by atomic mass is 9.94. The molecule has 0 aliphatic rings. The van der Waals surface area contributed by atoms with Crippen LogP contribution in [-0.2, 0) is 44.8 Å². The normalized spacial score (nSPS) is 15.1. The fourth-order valence-electron chi connectivity index (χ4n) is 9.53. The van der Waals surface area contributed by atoms with Crippen molar-refractivity contribution in [2.45, 2.75) is 165 Å². The molecular formula is C54H96N10O8. The van der Waals surface area contributed by atoms with Crippen LogP contribution in [-0.4, -0.2) is 175 Å². The number of nitrogens with two attached hydrogens (primary N) is 1. The highest BCUT2D eigenvalue weighted by Crippen LogP contribution is 2.24. The van der Waals surface area contributed by atoms with Gasteiger partial charge in [-0.2, -0.15) is 0 Å². The van der Waals surface area contributed by atoms with Crippen molar-refractivity contribution in [1.82, 2.24) is 45.8 Å². The molecule has 18 nitrogen and oxygen atoms in total. The second-order valence-electron chi connectivity index (χ2n) is 22.0. The van der Waals surface area contributed by atoms with Crippen LogP contribution in [0.3, 0.4) is 0 Å². The minimum atomic E-state index is -1.14. The number of rotatable bonds is 29. The highest BCUT2D eigenvalue weighted by molar-refractivity contribution is 5.98. The van der Waals surface area contributed by atoms with Crippen LogP contribution in [0, 0.1) is 41.4 Å². The molecule has 18 heteroatoms. The SMILES string of the molecule is CNC(C(=O)NC(C(=O)N(C)C(C(=O)N(C)C(C(=O)NC(C(=O)N(C)C(C(=O)N(C)C(Cc1ccccc1)C(=O)N(C)C(C(=O)NCCCCN)C(C)C)C(C)C)C(C)C)C(C)C)C(C)C)C(C)C)C(C)C. The van der Waals surface area contributed by atoms with Crippen molar-refractivity contribution in [1.29, 1.82) is 0 Å². The molecule has 1 aromatic rings. The van der Waals surface area contributed by atoms with Gasteiger partial charge >= 0.3 is 0 Å². The maximum Gasteiger partial charge on any atom is 0.246 e. The summed E-state index contributed by atoms with van der Waals surface area (Å²) < 4.78 is 0. The minimum absolute atomic E-state index is 0.0457. The molecule has 0 saturated heterocycles. The van der Waals surface area contributed by atoms with Crippen molar-refractivity contribution in [3.05, 3.63) is 35.9 Å². The second-order valence-corrected chi connectivity index (χ2v) is 22.0. The molecule has 0 fully saturated rings. The van der Waals surface area contributed by atoms with E-state index in [-0.39, 0.29) is 36.0 Å². The molecule has 72 heavy (non-hydrogen) atoms. The molecule has 0 saturated carbocycles. The van der Waals surface area contributed by atoms with E-state index in [0.29, 0.717) is 19.5 Å². The summed E-state index contributed by atoms with van der Waals surface area (Å²) in [6, 6.07) is 1.60. The Labute approximate surface area is 433 Å². The molecule has 8 amide bonds. The van der Waals surface area contributed by atoms with Gasteiger partial charge in [-0.1, -0.05) is 127 Å². The first-order valence-electron chi connectivity index (χ1n) is 26.1. The molecule has 1 rings (SSSR count). The number of hydrogen-bond acceptors (Lipinski definition) is 10. The number of amides is 8. The Morgan fingerprint density at radius 3 is 1.21 bits per heavy atom. The van der Waals surface area contributed by atoms with Gasteiger partial charge in [0, 0.05) is 48.2 Å². The summed E-state index contributed by atoms with van der Waals surface area (Å²) in [5.41, 5.74) is 6.44. The number of hydrogen-bond donors (Lipinski definition) is 5. The Bertz CT molecular complexity index is 1930. The number of benzene rings is 1. The lowest BCUT2D eigenvalue weighted by Gasteiger charge is -2.41. The van der Waals surface area contributed by atoms with E-state index in [4.69, 9.17) is 5.73 Å². The minimum Gasteiger partial charge on any atom is -0.354 e. The van der Waals surface area contributed by atoms with Crippen LogP contribution in [0.1, 0.15) is 115 Å². The lowest BCUT2D eigenvalue weighted by molar-refractivity contribution is -0.154. The highest BCUT2D eigenvalue weighted by atomic mass is 16.2. The number of unbranched alkanes of at least 4 members (excludes halogenated alkanes) is 1. The van der Waals surface area contributed by atoms with Crippen LogP contribution >= 0.6 is 0 Å². The van der Waals surface area contributed by atoms with E-state index in [2.05, 4.69) is 21.3 Å². The molecule has 0 heterocycles. The van der Waals surface area contributed by atoms with Crippen molar-refractivity contribution in [3.63, 3.8) is 0 Å². The monoisotopic (exact) mass is 1010 g/mol. The average Bonchev–Trinajstić information content (AvgIpc) is 3.29. The van der Waals surface area contributed by atoms with E-state index < -0.39 is 107 Å². The van der Waals surface area contributed by atoms with E-state index in [1.165, 1.54) is 52.7 Å². The molecule has 0 radical (unpaired) electrons. The van der Waals surface area contributed by atoms with Crippen molar-refractivity contribution in [2.24, 2.45) is 47.2 Å². The average molecular weight is 1010 g/mol. The van der Waals surface area contributed by atoms with E-state index >= 15 is 0 Å². The van der Waals surface area contributed by atoms with Gasteiger partial charge < -0.3 is 51.5 Å². The van der Waals surface area contributed by atoms with Gasteiger partial charge in [0.25, 0.3) is 0 Å². The number of carbonyl (C=O) groups excluding carboxylic acids is 8. The van der Waals surface area contributed by atoms with E-state index in [1.807, 2.05) is 85.7 Å². The zero-order valence-electron chi connectivity index (χ0n) is 47.7. The molecule has 8 atom stereocenters. The molecule has 8 unspecified atom stereocenters. The maximum absolute atomic E-state index is 14.9. The van der Waals surface area contributed by atoms with Crippen LogP contribution in [0.5, 0.6) is 0 Å². The zero-order valence-corrected chi connectivity index (χ0v) is 47.7. The van der Waals surface area contributed by atoms with Crippen molar-refractivity contribution < 1.29 is 38.4 Å². The third kappa shape index (κ3) is 17.5. The predicted octanol–water partition coefficient (Wildman–Crippen LogP) is 3.37. The van der Waals surface area contributed by atoms with E-state index in [9.17, 15) is 38.4 Å². The third-order valence-electron chi connectivity index (χ3n) is 13.7. The summed E-state index contributed by atoms with van der Waals surface area (Å²) in [5, 5.41) is 11.8. The zero-order chi connectivity index (χ0) is 55.6. The summed E-state index contributed by atoms with van der Waals surface area (Å²) >= 11 is 0. The number of carbonyl (C=O) groups is 8. The molecule has 410 valence electrons. The van der Waals surface area contributed by atoms with Crippen molar-refractivity contribution in [2.75, 3.05) is 55.4 Å². The summed E-state index contributed by atoms with van der Waals surface area (Å²) in [6.45, 7) is 26.4. The number of nitrogens with zero attached hydrogens (tertiary/aromatic N) is 5. The van der Waals surface area contributed by atoms with Gasteiger partial charge in [0.15, 0.2) is 0 Å². The van der Waals surface area contributed by atoms with E-state index in [1.54, 1.807) is 55.6 Å². The van der Waals surface area contributed by atoms with Gasteiger partial charge in [-0.05, 0) is 73.4 Å². The smallest absolute Gasteiger partial charge is 0.246 e. The summed E-state index contributed by atoms with van der Waals surface area (Å²) in [7, 11) is 9.34. The second kappa shape index (κ2) is 30.2. The Balaban J connectivity index is 3.62. The van der Waals surface area contributed by atoms with Gasteiger partial charge in [0.2, 0.25) is 47.3 Å². The molecule has 1 aromatic carbocycles. The van der Waals surface area contributed by atoms with Gasteiger partial charge in [-0.15, -0.1) is 0 Å². The van der Waals surface area contributed by atoms with Crippen LogP contribution < -0.4 is 27.0 Å². The standard InChI is InChI=1S/C54H96N10O8/c1-31(2)40(56-15)47(65)58-41(32(3)4)51(69)64(20)46(37(13)14)54(72)62(18)44(35(9)10)49(67)59-42(33(5)6)52(70)63(19)45(36(11)12)53(71)60(16)39(30-38-26-22-21-23-27-38)50(68)61(17)43(34(7)8)48(66)57-29-25-24-28-55/h21-23,26-27,31-37,39-46,56H,24-25,28-30,55H2,1-20H3,(H,57,66)(H,58,65)(H,59,67). The Morgan fingerprint density at radius 2 is 0.819 bits per heavy atom. The first-order valence-corrected chi connectivity index (χ1v) is 26.1. The topological polar surface area (TPSA) is 227 Å². The van der Waals surface area contributed by atoms with Crippen LogP contribution in [0.25, 0.3) is 0 Å². The van der Waals surface area contributed by atoms with Gasteiger partial charge in [0.05, 0.1) is 6.04 Å². The molecule has 0 bridgehead atoms. The molecule has 0 aromatic heterocycles. The van der Waals surface area contributed by atoms with Crippen molar-refractivity contribution in [3.8, 4) is 0 Å². The third-order valence-corrected chi connectivity index (χ3v) is 13.7. The van der Waals surface area contributed by atoms with Crippen LogP contribution in [0.2, 0.25) is 0 Å². The first kappa shape index (κ1) is 64.9. The van der Waals surface area contributed by atoms with Gasteiger partial charge in [0.1, 0.15) is 42.3 Å². The van der Waals surface area contributed by atoms with Crippen LogP contribution in [0.4, 0.5) is 0 Å². The van der Waals surface area contributed by atoms with E-state index in [0.717, 1.165) is 12.0 Å². The molecule has 6 N–H and O–H groups in total. The van der Waals surface area contributed by atoms with Crippen molar-refractivity contribution >= 4 is 47.3 Å². The lowest BCUT2D eigenvalue weighted by Crippen LogP contribution is -2.63. The molecule has 0 spiro atoms. The largest absolute Gasteiger partial charge is 0.354 e. The highest BCUT2D eigenvalue weighted by Gasteiger charge is 2.44. The quantitative estimate of drug-likeness (QED) is 0.0736. The fraction of sp³-hybridized carbons (Fsp3) is 0.741. The Kier molecular flexibility index (Phi) is 27.2. The van der Waals surface area contributed by atoms with Gasteiger partial charge in [-0.3, -0.25) is 38.4 Å². The van der Waals surface area contributed by atoms with Crippen LogP contribution in [0.15, 0.2) is 30.3 Å².